The zero-order valence-electron chi connectivity index (χ0n) is 13.7. The van der Waals surface area contributed by atoms with E-state index in [1.165, 1.54) is 4.90 Å². The Morgan fingerprint density at radius 1 is 1.36 bits per heavy atom. The van der Waals surface area contributed by atoms with Crippen molar-refractivity contribution in [1.29, 1.82) is 0 Å². The van der Waals surface area contributed by atoms with Crippen LogP contribution in [-0.4, -0.2) is 44.0 Å². The van der Waals surface area contributed by atoms with E-state index < -0.39 is 0 Å². The van der Waals surface area contributed by atoms with Crippen molar-refractivity contribution in [3.63, 3.8) is 0 Å². The molecule has 0 aliphatic rings. The van der Waals surface area contributed by atoms with Gasteiger partial charge in [0.25, 0.3) is 0 Å². The fourth-order valence-corrected chi connectivity index (χ4v) is 2.42. The van der Waals surface area contributed by atoms with Crippen LogP contribution < -0.4 is 10.6 Å². The molecule has 0 fully saturated rings. The van der Waals surface area contributed by atoms with Gasteiger partial charge in [-0.1, -0.05) is 41.1 Å². The number of carbonyl (C=O) groups is 1. The van der Waals surface area contributed by atoms with Crippen LogP contribution in [0, 0.1) is 0 Å². The van der Waals surface area contributed by atoms with E-state index in [-0.39, 0.29) is 18.5 Å². The molecule has 0 saturated carbocycles. The molecule has 0 bridgehead atoms. The van der Waals surface area contributed by atoms with Gasteiger partial charge in [0.2, 0.25) is 5.91 Å². The number of carbonyl (C=O) groups excluding carboxylic acids is 1. The molecule has 1 aromatic rings. The average molecular weight is 369 g/mol. The Bertz CT molecular complexity index is 517. The van der Waals surface area contributed by atoms with Crippen LogP contribution in [0.1, 0.15) is 31.9 Å². The fourth-order valence-electron chi connectivity index (χ4n) is 1.79. The van der Waals surface area contributed by atoms with Gasteiger partial charge in [0.1, 0.15) is 6.54 Å². The molecule has 22 heavy (non-hydrogen) atoms. The zero-order valence-corrected chi connectivity index (χ0v) is 15.3. The summed E-state index contributed by atoms with van der Waals surface area (Å²) in [5.41, 5.74) is 1.15. The zero-order chi connectivity index (χ0) is 16.5. The van der Waals surface area contributed by atoms with Crippen LogP contribution in [0.4, 0.5) is 0 Å². The molecule has 1 unspecified atom stereocenters. The van der Waals surface area contributed by atoms with Gasteiger partial charge in [-0.05, 0) is 25.0 Å². The number of amides is 1. The third-order valence-electron chi connectivity index (χ3n) is 3.14. The number of nitrogens with one attached hydrogen (secondary N) is 2. The Hall–Kier alpha value is -1.56. The topological polar surface area (TPSA) is 56.7 Å². The predicted octanol–water partition coefficient (Wildman–Crippen LogP) is 2.54. The van der Waals surface area contributed by atoms with Crippen molar-refractivity contribution in [2.45, 2.75) is 26.3 Å². The van der Waals surface area contributed by atoms with Crippen LogP contribution >= 0.6 is 15.9 Å². The minimum atomic E-state index is -0.0221. The highest BCUT2D eigenvalue weighted by Crippen LogP contribution is 2.22. The molecular formula is C16H25BrN4O. The molecule has 5 nitrogen and oxygen atoms in total. The van der Waals surface area contributed by atoms with Crippen molar-refractivity contribution in [2.75, 3.05) is 27.2 Å². The second-order valence-corrected chi connectivity index (χ2v) is 6.12. The Kier molecular flexibility index (Phi) is 7.95. The van der Waals surface area contributed by atoms with Gasteiger partial charge in [-0.3, -0.25) is 4.79 Å². The summed E-state index contributed by atoms with van der Waals surface area (Å²) in [7, 11) is 3.46. The molecule has 6 heteroatoms. The Labute approximate surface area is 141 Å². The first kappa shape index (κ1) is 18.5. The van der Waals surface area contributed by atoms with Crippen molar-refractivity contribution in [2.24, 2.45) is 4.99 Å². The van der Waals surface area contributed by atoms with E-state index in [0.717, 1.165) is 23.0 Å². The lowest BCUT2D eigenvalue weighted by molar-refractivity contribution is -0.127. The summed E-state index contributed by atoms with van der Waals surface area (Å²) in [6.07, 6.45) is 0.992. The van der Waals surface area contributed by atoms with Gasteiger partial charge < -0.3 is 15.5 Å². The number of likely N-dealkylation sites (N-methyl/N-ethyl adjacent to an activating group) is 1. The van der Waals surface area contributed by atoms with Gasteiger partial charge in [0, 0.05) is 25.1 Å². The highest BCUT2D eigenvalue weighted by molar-refractivity contribution is 9.10. The Morgan fingerprint density at radius 3 is 2.64 bits per heavy atom. The molecule has 1 rings (SSSR count). The van der Waals surface area contributed by atoms with Crippen molar-refractivity contribution in [3.05, 3.63) is 34.3 Å². The number of guanidine groups is 1. The lowest BCUT2D eigenvalue weighted by Gasteiger charge is -2.19. The van der Waals surface area contributed by atoms with E-state index in [1.807, 2.05) is 18.2 Å². The molecule has 0 aromatic heterocycles. The van der Waals surface area contributed by atoms with E-state index in [9.17, 15) is 4.79 Å². The molecule has 0 heterocycles. The molecule has 0 aliphatic carbocycles. The minimum absolute atomic E-state index is 0.0221. The van der Waals surface area contributed by atoms with Crippen molar-refractivity contribution in [1.82, 2.24) is 15.5 Å². The predicted molar refractivity (Wildman–Crippen MR) is 95.0 cm³/mol. The van der Waals surface area contributed by atoms with Crippen LogP contribution in [0.15, 0.2) is 33.7 Å². The maximum absolute atomic E-state index is 11.7. The molecule has 2 N–H and O–H groups in total. The Balaban J connectivity index is 2.77. The summed E-state index contributed by atoms with van der Waals surface area (Å²) in [5.74, 6) is 0.631. The number of nitrogens with zero attached hydrogens (tertiary/aromatic N) is 2. The van der Waals surface area contributed by atoms with Crippen LogP contribution in [-0.2, 0) is 4.79 Å². The first-order valence-electron chi connectivity index (χ1n) is 7.45. The highest BCUT2D eigenvalue weighted by Gasteiger charge is 2.11. The summed E-state index contributed by atoms with van der Waals surface area (Å²) in [6, 6.07) is 8.14. The van der Waals surface area contributed by atoms with Crippen LogP contribution in [0.25, 0.3) is 0 Å². The van der Waals surface area contributed by atoms with Gasteiger partial charge in [0.15, 0.2) is 5.96 Å². The fraction of sp³-hybridized carbons (Fsp3) is 0.500. The molecule has 0 saturated heterocycles. The van der Waals surface area contributed by atoms with Crippen LogP contribution in [0.3, 0.4) is 0 Å². The van der Waals surface area contributed by atoms with Gasteiger partial charge in [0.05, 0.1) is 6.04 Å². The maximum Gasteiger partial charge on any atom is 0.243 e. The van der Waals surface area contributed by atoms with Gasteiger partial charge in [-0.2, -0.15) is 0 Å². The second-order valence-electron chi connectivity index (χ2n) is 5.27. The largest absolute Gasteiger partial charge is 0.356 e. The standard InChI is InChI=1S/C16H25BrN4O/c1-5-10-18-16(19-11-15(22)21(3)4)20-12(2)13-8-6-7-9-14(13)17/h6-9,12H,5,10-11H2,1-4H3,(H2,18,19,20). The summed E-state index contributed by atoms with van der Waals surface area (Å²) in [6.45, 7) is 5.10. The van der Waals surface area contributed by atoms with Crippen molar-refractivity contribution >= 4 is 27.8 Å². The van der Waals surface area contributed by atoms with E-state index in [4.69, 9.17) is 0 Å². The van der Waals surface area contributed by atoms with Gasteiger partial charge >= 0.3 is 0 Å². The summed E-state index contributed by atoms with van der Waals surface area (Å²) >= 11 is 3.56. The lowest BCUT2D eigenvalue weighted by atomic mass is 10.1. The summed E-state index contributed by atoms with van der Waals surface area (Å²) < 4.78 is 1.05. The molecule has 122 valence electrons. The maximum atomic E-state index is 11.7. The molecule has 0 spiro atoms. The van der Waals surface area contributed by atoms with E-state index in [1.54, 1.807) is 14.1 Å². The third-order valence-corrected chi connectivity index (χ3v) is 3.86. The molecular weight excluding hydrogens is 344 g/mol. The smallest absolute Gasteiger partial charge is 0.243 e. The van der Waals surface area contributed by atoms with Gasteiger partial charge in [-0.25, -0.2) is 4.99 Å². The Morgan fingerprint density at radius 2 is 2.05 bits per heavy atom. The third kappa shape index (κ3) is 6.05. The summed E-state index contributed by atoms with van der Waals surface area (Å²) in [4.78, 5) is 17.6. The second kappa shape index (κ2) is 9.46. The first-order valence-corrected chi connectivity index (χ1v) is 8.24. The monoisotopic (exact) mass is 368 g/mol. The molecule has 1 amide bonds. The lowest BCUT2D eigenvalue weighted by Crippen LogP contribution is -2.40. The van der Waals surface area contributed by atoms with Crippen molar-refractivity contribution < 1.29 is 4.79 Å². The number of hydrogen-bond acceptors (Lipinski definition) is 2. The van der Waals surface area contributed by atoms with Crippen LogP contribution in [0.2, 0.25) is 0 Å². The first-order chi connectivity index (χ1) is 10.5. The van der Waals surface area contributed by atoms with E-state index in [2.05, 4.69) is 51.5 Å². The summed E-state index contributed by atoms with van der Waals surface area (Å²) in [5, 5.41) is 6.58. The number of aliphatic imine (C=N–C) groups is 1. The normalized spacial score (nSPS) is 12.7. The van der Waals surface area contributed by atoms with Crippen LogP contribution in [0.5, 0.6) is 0 Å². The number of rotatable bonds is 6. The van der Waals surface area contributed by atoms with E-state index in [0.29, 0.717) is 5.96 Å². The number of hydrogen-bond donors (Lipinski definition) is 2. The van der Waals surface area contributed by atoms with Crippen molar-refractivity contribution in [3.8, 4) is 0 Å². The molecule has 0 aliphatic heterocycles. The SMILES string of the molecule is CCCNC(=NCC(=O)N(C)C)NC(C)c1ccccc1Br. The molecule has 1 atom stereocenters. The molecule has 1 aromatic carbocycles. The molecule has 0 radical (unpaired) electrons. The van der Waals surface area contributed by atoms with E-state index >= 15 is 0 Å². The number of halogens is 1. The van der Waals surface area contributed by atoms with Gasteiger partial charge in [-0.15, -0.1) is 0 Å². The minimum Gasteiger partial charge on any atom is -0.356 e. The quantitative estimate of drug-likeness (QED) is 0.599. The number of benzene rings is 1. The average Bonchev–Trinajstić information content (AvgIpc) is 2.49. The highest BCUT2D eigenvalue weighted by atomic mass is 79.9.